The fourth-order valence-corrected chi connectivity index (χ4v) is 1.26. The standard InChI is InChI=1S/C9H13N3O6/c1-7(14)18-6-8(17-5-4-13)11-3-2-10-9(11)12(15)16/h2-3,8,13H,4-6H2,1H3. The Hall–Kier alpha value is -2.00. The summed E-state index contributed by atoms with van der Waals surface area (Å²) >= 11 is 0. The maximum atomic E-state index is 10.7. The van der Waals surface area contributed by atoms with Gasteiger partial charge in [0.1, 0.15) is 12.4 Å². The van der Waals surface area contributed by atoms with E-state index in [0.29, 0.717) is 0 Å². The summed E-state index contributed by atoms with van der Waals surface area (Å²) in [5.74, 6) is -0.958. The van der Waals surface area contributed by atoms with Crippen LogP contribution in [0, 0.1) is 10.1 Å². The Morgan fingerprint density at radius 1 is 1.72 bits per heavy atom. The number of esters is 1. The number of aromatic nitrogens is 2. The first-order chi connectivity index (χ1) is 8.56. The molecule has 0 aliphatic carbocycles. The van der Waals surface area contributed by atoms with Crippen LogP contribution in [0.25, 0.3) is 0 Å². The van der Waals surface area contributed by atoms with E-state index in [2.05, 4.69) is 4.98 Å². The van der Waals surface area contributed by atoms with Gasteiger partial charge in [-0.1, -0.05) is 4.98 Å². The lowest BCUT2D eigenvalue weighted by Gasteiger charge is -2.15. The van der Waals surface area contributed by atoms with Crippen molar-refractivity contribution in [3.05, 3.63) is 22.5 Å². The van der Waals surface area contributed by atoms with Gasteiger partial charge in [0.05, 0.1) is 13.2 Å². The van der Waals surface area contributed by atoms with E-state index in [-0.39, 0.29) is 19.8 Å². The summed E-state index contributed by atoms with van der Waals surface area (Å²) in [6, 6.07) is 0. The van der Waals surface area contributed by atoms with E-state index < -0.39 is 23.1 Å². The predicted molar refractivity (Wildman–Crippen MR) is 57.6 cm³/mol. The van der Waals surface area contributed by atoms with Crippen molar-refractivity contribution in [2.75, 3.05) is 19.8 Å². The Morgan fingerprint density at radius 2 is 2.44 bits per heavy atom. The number of imidazole rings is 1. The minimum Gasteiger partial charge on any atom is -0.459 e. The van der Waals surface area contributed by atoms with Crippen LogP contribution < -0.4 is 0 Å². The molecular weight excluding hydrogens is 246 g/mol. The Morgan fingerprint density at radius 3 is 3.00 bits per heavy atom. The normalized spacial score (nSPS) is 12.1. The SMILES string of the molecule is CC(=O)OCC(OCCO)n1ccnc1[N+](=O)[O-]. The van der Waals surface area contributed by atoms with Gasteiger partial charge in [0, 0.05) is 6.92 Å². The van der Waals surface area contributed by atoms with Gasteiger partial charge in [-0.05, 0) is 4.92 Å². The van der Waals surface area contributed by atoms with Crippen LogP contribution in [0.4, 0.5) is 5.95 Å². The molecule has 0 aliphatic heterocycles. The first-order valence-corrected chi connectivity index (χ1v) is 5.09. The number of hydrogen-bond acceptors (Lipinski definition) is 7. The van der Waals surface area contributed by atoms with Crippen molar-refractivity contribution >= 4 is 11.9 Å². The molecule has 0 saturated carbocycles. The van der Waals surface area contributed by atoms with Gasteiger partial charge < -0.3 is 24.7 Å². The van der Waals surface area contributed by atoms with Crippen LogP contribution in [0.1, 0.15) is 13.2 Å². The van der Waals surface area contributed by atoms with Gasteiger partial charge in [0.15, 0.2) is 6.61 Å². The molecule has 1 aromatic rings. The molecule has 0 aliphatic rings. The van der Waals surface area contributed by atoms with Crippen LogP contribution in [0.5, 0.6) is 0 Å². The van der Waals surface area contributed by atoms with Gasteiger partial charge in [-0.15, -0.1) is 0 Å². The smallest absolute Gasteiger partial charge is 0.436 e. The van der Waals surface area contributed by atoms with Crippen LogP contribution in [0.15, 0.2) is 12.4 Å². The molecule has 1 heterocycles. The van der Waals surface area contributed by atoms with E-state index in [1.54, 1.807) is 0 Å². The molecule has 18 heavy (non-hydrogen) atoms. The number of carbonyl (C=O) groups is 1. The van der Waals surface area contributed by atoms with Gasteiger partial charge in [-0.2, -0.15) is 4.57 Å². The number of carbonyl (C=O) groups excluding carboxylic acids is 1. The average Bonchev–Trinajstić information content (AvgIpc) is 2.78. The Bertz CT molecular complexity index is 418. The van der Waals surface area contributed by atoms with E-state index in [1.807, 2.05) is 0 Å². The second-order valence-electron chi connectivity index (χ2n) is 3.24. The first kappa shape index (κ1) is 14.1. The molecule has 9 heteroatoms. The van der Waals surface area contributed by atoms with E-state index in [0.717, 1.165) is 4.57 Å². The number of nitro groups is 1. The fraction of sp³-hybridized carbons (Fsp3) is 0.556. The Labute approximate surface area is 102 Å². The largest absolute Gasteiger partial charge is 0.459 e. The van der Waals surface area contributed by atoms with Gasteiger partial charge in [-0.3, -0.25) is 4.79 Å². The summed E-state index contributed by atoms with van der Waals surface area (Å²) in [6.45, 7) is 0.721. The molecule has 0 fully saturated rings. The maximum absolute atomic E-state index is 10.7. The van der Waals surface area contributed by atoms with E-state index in [4.69, 9.17) is 14.6 Å². The molecule has 0 radical (unpaired) electrons. The molecule has 0 amide bonds. The average molecular weight is 259 g/mol. The molecule has 100 valence electrons. The lowest BCUT2D eigenvalue weighted by atomic mass is 10.5. The summed E-state index contributed by atoms with van der Waals surface area (Å²) < 4.78 is 11.0. The maximum Gasteiger partial charge on any atom is 0.436 e. The zero-order valence-electron chi connectivity index (χ0n) is 9.68. The summed E-state index contributed by atoms with van der Waals surface area (Å²) in [7, 11) is 0. The number of hydrogen-bond donors (Lipinski definition) is 1. The molecule has 1 unspecified atom stereocenters. The molecular formula is C9H13N3O6. The molecule has 1 aromatic heterocycles. The summed E-state index contributed by atoms with van der Waals surface area (Å²) in [5, 5.41) is 19.4. The molecule has 0 saturated heterocycles. The second kappa shape index (κ2) is 6.67. The highest BCUT2D eigenvalue weighted by Gasteiger charge is 2.24. The Balaban J connectivity index is 2.82. The molecule has 1 atom stereocenters. The third-order valence-corrected chi connectivity index (χ3v) is 1.95. The zero-order chi connectivity index (χ0) is 13.5. The van der Waals surface area contributed by atoms with Crippen LogP contribution in [-0.2, 0) is 14.3 Å². The third kappa shape index (κ3) is 3.79. The highest BCUT2D eigenvalue weighted by atomic mass is 16.6. The highest BCUT2D eigenvalue weighted by Crippen LogP contribution is 2.17. The van der Waals surface area contributed by atoms with E-state index >= 15 is 0 Å². The topological polar surface area (TPSA) is 117 Å². The molecule has 0 bridgehead atoms. The van der Waals surface area contributed by atoms with Crippen LogP contribution >= 0.6 is 0 Å². The minimum absolute atomic E-state index is 0.0404. The highest BCUT2D eigenvalue weighted by molar-refractivity contribution is 5.65. The number of ether oxygens (including phenoxy) is 2. The van der Waals surface area contributed by atoms with Crippen molar-refractivity contribution in [2.24, 2.45) is 0 Å². The summed E-state index contributed by atoms with van der Waals surface area (Å²) in [6.07, 6.45) is 1.68. The van der Waals surface area contributed by atoms with Crippen LogP contribution in [-0.4, -0.2) is 45.4 Å². The van der Waals surface area contributed by atoms with Crippen molar-refractivity contribution < 1.29 is 24.3 Å². The molecule has 0 aromatic carbocycles. The predicted octanol–water partition coefficient (Wildman–Crippen LogP) is -0.138. The van der Waals surface area contributed by atoms with Crippen LogP contribution in [0.3, 0.4) is 0 Å². The number of nitrogens with zero attached hydrogens (tertiary/aromatic N) is 3. The van der Waals surface area contributed by atoms with Gasteiger partial charge >= 0.3 is 11.9 Å². The lowest BCUT2D eigenvalue weighted by molar-refractivity contribution is -0.398. The zero-order valence-corrected chi connectivity index (χ0v) is 9.68. The minimum atomic E-state index is -0.899. The van der Waals surface area contributed by atoms with Crippen molar-refractivity contribution in [3.63, 3.8) is 0 Å². The van der Waals surface area contributed by atoms with Gasteiger partial charge in [0.25, 0.3) is 0 Å². The van der Waals surface area contributed by atoms with Crippen LogP contribution in [0.2, 0.25) is 0 Å². The summed E-state index contributed by atoms with van der Waals surface area (Å²) in [5.41, 5.74) is 0. The van der Waals surface area contributed by atoms with Gasteiger partial charge in [-0.25, -0.2) is 0 Å². The monoisotopic (exact) mass is 259 g/mol. The molecule has 9 nitrogen and oxygen atoms in total. The molecule has 1 rings (SSSR count). The molecule has 1 N–H and O–H groups in total. The fourth-order valence-electron chi connectivity index (χ4n) is 1.26. The first-order valence-electron chi connectivity index (χ1n) is 5.09. The van der Waals surface area contributed by atoms with E-state index in [1.165, 1.54) is 19.3 Å². The number of aliphatic hydroxyl groups is 1. The van der Waals surface area contributed by atoms with E-state index in [9.17, 15) is 14.9 Å². The lowest BCUT2D eigenvalue weighted by Crippen LogP contribution is -2.22. The van der Waals surface area contributed by atoms with Crippen molar-refractivity contribution in [2.45, 2.75) is 13.2 Å². The number of aliphatic hydroxyl groups excluding tert-OH is 1. The second-order valence-corrected chi connectivity index (χ2v) is 3.24. The van der Waals surface area contributed by atoms with Crippen molar-refractivity contribution in [1.29, 1.82) is 0 Å². The quantitative estimate of drug-likeness (QED) is 0.411. The third-order valence-electron chi connectivity index (χ3n) is 1.95. The van der Waals surface area contributed by atoms with Gasteiger partial charge in [0.2, 0.25) is 6.23 Å². The molecule has 0 spiro atoms. The van der Waals surface area contributed by atoms with Crippen molar-refractivity contribution in [1.82, 2.24) is 9.55 Å². The Kier molecular flexibility index (Phi) is 5.21. The van der Waals surface area contributed by atoms with Crippen molar-refractivity contribution in [3.8, 4) is 0 Å². The number of rotatable bonds is 7. The summed E-state index contributed by atoms with van der Waals surface area (Å²) in [4.78, 5) is 24.3.